The highest BCUT2D eigenvalue weighted by molar-refractivity contribution is 5.98. The summed E-state index contributed by atoms with van der Waals surface area (Å²) in [6, 6.07) is 0. The fourth-order valence-corrected chi connectivity index (χ4v) is 9.92. The predicted octanol–water partition coefficient (Wildman–Crippen LogP) is 16.5. The third-order valence-electron chi connectivity index (χ3n) is 14.8. The van der Waals surface area contributed by atoms with Crippen LogP contribution in [0.15, 0.2) is 11.6 Å². The summed E-state index contributed by atoms with van der Waals surface area (Å²) >= 11 is 0. The lowest BCUT2D eigenvalue weighted by Crippen LogP contribution is -2.31. The number of carbonyl (C=O) groups is 5. The number of fused-ring (bicyclic) bond motifs is 1. The monoisotopic (exact) mass is 1050 g/mol. The van der Waals surface area contributed by atoms with Gasteiger partial charge in [-0.3, -0.25) is 19.2 Å². The molecule has 0 radical (unpaired) electrons. The Morgan fingerprint density at radius 3 is 1.51 bits per heavy atom. The van der Waals surface area contributed by atoms with Crippen LogP contribution in [-0.2, 0) is 55.9 Å². The molecular weight excluding hydrogens is 949 g/mol. The molecule has 12 nitrogen and oxygen atoms in total. The number of phenols is 1. The van der Waals surface area contributed by atoms with Gasteiger partial charge in [-0.25, -0.2) is 4.79 Å². The molecule has 0 bridgehead atoms. The largest absolute Gasteiger partial charge is 0.507 e. The van der Waals surface area contributed by atoms with Gasteiger partial charge in [0.05, 0.1) is 13.7 Å². The molecular formula is C63H106O12. The van der Waals surface area contributed by atoms with Crippen LogP contribution < -0.4 is 4.74 Å². The van der Waals surface area contributed by atoms with E-state index in [0.717, 1.165) is 88.2 Å². The van der Waals surface area contributed by atoms with E-state index in [0.29, 0.717) is 49.2 Å². The van der Waals surface area contributed by atoms with Crippen molar-refractivity contribution in [2.24, 2.45) is 5.92 Å². The molecule has 0 fully saturated rings. The van der Waals surface area contributed by atoms with Gasteiger partial charge in [0.2, 0.25) is 0 Å². The van der Waals surface area contributed by atoms with E-state index in [1.54, 1.807) is 0 Å². The van der Waals surface area contributed by atoms with Gasteiger partial charge in [-0.1, -0.05) is 219 Å². The first-order chi connectivity index (χ1) is 36.4. The molecule has 1 unspecified atom stereocenters. The molecule has 0 saturated heterocycles. The lowest BCUT2D eigenvalue weighted by Gasteiger charge is -2.19. The van der Waals surface area contributed by atoms with E-state index in [-0.39, 0.29) is 73.8 Å². The lowest BCUT2D eigenvalue weighted by molar-refractivity contribution is -0.167. The van der Waals surface area contributed by atoms with Gasteiger partial charge >= 0.3 is 29.8 Å². The highest BCUT2D eigenvalue weighted by Gasteiger charge is 2.32. The van der Waals surface area contributed by atoms with Crippen molar-refractivity contribution in [3.63, 3.8) is 0 Å². The minimum atomic E-state index is -0.847. The van der Waals surface area contributed by atoms with Crippen molar-refractivity contribution in [2.75, 3.05) is 26.9 Å². The Hall–Kier alpha value is -4.09. The average Bonchev–Trinajstić information content (AvgIpc) is 3.79. The second-order valence-corrected chi connectivity index (χ2v) is 21.7. The molecule has 2 rings (SSSR count). The van der Waals surface area contributed by atoms with Crippen molar-refractivity contribution >= 4 is 29.8 Å². The first-order valence-electron chi connectivity index (χ1n) is 30.3. The number of phenolic OH excluding ortho intramolecular Hbond substituents is 1. The van der Waals surface area contributed by atoms with Crippen molar-refractivity contribution in [1.82, 2.24) is 0 Å². The zero-order valence-electron chi connectivity index (χ0n) is 48.4. The summed E-state index contributed by atoms with van der Waals surface area (Å²) in [4.78, 5) is 63.3. The smallest absolute Gasteiger partial charge is 0.342 e. The fourth-order valence-electron chi connectivity index (χ4n) is 9.92. The maximum Gasteiger partial charge on any atom is 0.342 e. The minimum absolute atomic E-state index is 0.0943. The highest BCUT2D eigenvalue weighted by Crippen LogP contribution is 2.42. The molecule has 430 valence electrons. The van der Waals surface area contributed by atoms with Crippen LogP contribution in [0.4, 0.5) is 0 Å². The van der Waals surface area contributed by atoms with E-state index in [4.69, 9.17) is 28.4 Å². The zero-order valence-corrected chi connectivity index (χ0v) is 48.4. The van der Waals surface area contributed by atoms with Gasteiger partial charge in [-0.15, -0.1) is 0 Å². The number of hydrogen-bond acceptors (Lipinski definition) is 12. The maximum absolute atomic E-state index is 13.1. The predicted molar refractivity (Wildman–Crippen MR) is 300 cm³/mol. The van der Waals surface area contributed by atoms with Crippen LogP contribution in [0.5, 0.6) is 11.5 Å². The number of unbranched alkanes of at least 4 members (excludes halogenated alkanes) is 28. The Balaban J connectivity index is 1.66. The summed E-state index contributed by atoms with van der Waals surface area (Å²) in [5.41, 5.74) is 3.11. The molecule has 0 aromatic heterocycles. The maximum atomic E-state index is 13.1. The average molecular weight is 1060 g/mol. The summed E-state index contributed by atoms with van der Waals surface area (Å²) in [6.45, 7) is 10.5. The molecule has 1 N–H and O–H groups in total. The Morgan fingerprint density at radius 2 is 1.03 bits per heavy atom. The van der Waals surface area contributed by atoms with Crippen molar-refractivity contribution < 1.29 is 57.5 Å². The molecule has 75 heavy (non-hydrogen) atoms. The third kappa shape index (κ3) is 32.3. The van der Waals surface area contributed by atoms with Crippen molar-refractivity contribution in [2.45, 2.75) is 291 Å². The summed E-state index contributed by atoms with van der Waals surface area (Å²) in [6.07, 6.45) is 40.5. The number of hydrogen-bond donors (Lipinski definition) is 1. The Bertz CT molecular complexity index is 1710. The standard InChI is InChI=1S/C63H106O12/c1-7-9-11-13-15-17-19-21-23-25-27-31-35-39-56(64)72-47-53(48-73-57(65)40-36-32-28-26-24-22-20-18-16-14-12-10-8-2)75-59(67)46-51(4)38-34-30-29-33-37-45-71-58(66)44-42-50(3)41-43-54-61(68)60-55(49-74-63(60)69)52(5)62(54)70-6/h41,51,53,68H,7-40,42-49H2,1-6H3/b50-41+. The van der Waals surface area contributed by atoms with Gasteiger partial charge in [0.25, 0.3) is 0 Å². The normalized spacial score (nSPS) is 12.7. The second kappa shape index (κ2) is 44.0. The minimum Gasteiger partial charge on any atom is -0.507 e. The Labute approximate surface area is 455 Å². The summed E-state index contributed by atoms with van der Waals surface area (Å²) in [5.74, 6) is -1.30. The van der Waals surface area contributed by atoms with Crippen LogP contribution in [0.1, 0.15) is 292 Å². The number of ether oxygens (including phenoxy) is 6. The van der Waals surface area contributed by atoms with E-state index in [1.165, 1.54) is 136 Å². The fraction of sp³-hybridized carbons (Fsp3) is 0.794. The quantitative estimate of drug-likeness (QED) is 0.0285. The molecule has 1 heterocycles. The lowest BCUT2D eigenvalue weighted by atomic mass is 9.94. The molecule has 12 heteroatoms. The Kier molecular flexibility index (Phi) is 39.3. The number of esters is 5. The van der Waals surface area contributed by atoms with Gasteiger partial charge < -0.3 is 33.5 Å². The van der Waals surface area contributed by atoms with Gasteiger partial charge in [-0.05, 0) is 57.4 Å². The van der Waals surface area contributed by atoms with E-state index < -0.39 is 12.1 Å². The molecule has 1 aliphatic rings. The topological polar surface area (TPSA) is 161 Å². The summed E-state index contributed by atoms with van der Waals surface area (Å²) in [5, 5.41) is 10.9. The summed E-state index contributed by atoms with van der Waals surface area (Å²) in [7, 11) is 1.54. The zero-order chi connectivity index (χ0) is 54.7. The number of methoxy groups -OCH3 is 1. The number of rotatable bonds is 49. The number of aromatic hydroxyl groups is 1. The van der Waals surface area contributed by atoms with E-state index in [9.17, 15) is 29.1 Å². The van der Waals surface area contributed by atoms with Crippen molar-refractivity contribution in [1.29, 1.82) is 0 Å². The van der Waals surface area contributed by atoms with Crippen LogP contribution >= 0.6 is 0 Å². The molecule has 1 aromatic carbocycles. The number of carbonyl (C=O) groups excluding carboxylic acids is 5. The van der Waals surface area contributed by atoms with Crippen LogP contribution in [0, 0.1) is 12.8 Å². The first kappa shape index (κ1) is 67.0. The first-order valence-corrected chi connectivity index (χ1v) is 30.3. The number of cyclic esters (lactones) is 1. The van der Waals surface area contributed by atoms with Crippen LogP contribution in [0.3, 0.4) is 0 Å². The van der Waals surface area contributed by atoms with Crippen LogP contribution in [-0.4, -0.2) is 68.0 Å². The molecule has 0 spiro atoms. The SMILES string of the molecule is CCCCCCCCCCCCCCCC(=O)OCC(COC(=O)CCCCCCCCCCCCCCC)OC(=O)CC(C)CCCCCCCOC(=O)CC/C(C)=C/Cc1c(O)c2c(c(C)c1OC)COC2=O. The number of allylic oxidation sites excluding steroid dienone is 2. The molecule has 0 saturated carbocycles. The van der Waals surface area contributed by atoms with Crippen LogP contribution in [0.25, 0.3) is 0 Å². The van der Waals surface area contributed by atoms with Crippen LogP contribution in [0.2, 0.25) is 0 Å². The highest BCUT2D eigenvalue weighted by atomic mass is 16.6. The Morgan fingerprint density at radius 1 is 0.587 bits per heavy atom. The van der Waals surface area contributed by atoms with E-state index in [2.05, 4.69) is 13.8 Å². The number of benzene rings is 1. The molecule has 1 aromatic rings. The van der Waals surface area contributed by atoms with E-state index in [1.807, 2.05) is 26.8 Å². The van der Waals surface area contributed by atoms with Gasteiger partial charge in [0.15, 0.2) is 6.10 Å². The van der Waals surface area contributed by atoms with Gasteiger partial charge in [-0.2, -0.15) is 0 Å². The van der Waals surface area contributed by atoms with E-state index >= 15 is 0 Å². The third-order valence-corrected chi connectivity index (χ3v) is 14.8. The molecule has 0 amide bonds. The summed E-state index contributed by atoms with van der Waals surface area (Å²) < 4.78 is 33.1. The second-order valence-electron chi connectivity index (χ2n) is 21.7. The van der Waals surface area contributed by atoms with Crippen molar-refractivity contribution in [3.8, 4) is 11.5 Å². The molecule has 0 aliphatic carbocycles. The van der Waals surface area contributed by atoms with Gasteiger partial charge in [0, 0.05) is 36.8 Å². The molecule has 1 atom stereocenters. The van der Waals surface area contributed by atoms with Gasteiger partial charge in [0.1, 0.15) is 36.9 Å². The van der Waals surface area contributed by atoms with Crippen molar-refractivity contribution in [3.05, 3.63) is 33.9 Å². The molecule has 1 aliphatic heterocycles.